The van der Waals surface area contributed by atoms with Crippen molar-refractivity contribution in [3.63, 3.8) is 0 Å². The monoisotopic (exact) mass is 312 g/mol. The highest BCUT2D eigenvalue weighted by Gasteiger charge is 2.12. The van der Waals surface area contributed by atoms with E-state index in [1.54, 1.807) is 12.1 Å². The molecule has 0 saturated heterocycles. The Balaban J connectivity index is 1.92. The molecule has 1 heterocycles. The van der Waals surface area contributed by atoms with Crippen LogP contribution in [0.1, 0.15) is 32.1 Å². The van der Waals surface area contributed by atoms with E-state index >= 15 is 0 Å². The Labute approximate surface area is 126 Å². The number of rotatable bonds is 7. The summed E-state index contributed by atoms with van der Waals surface area (Å²) >= 11 is 7.22. The van der Waals surface area contributed by atoms with Crippen LogP contribution in [0.15, 0.2) is 12.1 Å². The van der Waals surface area contributed by atoms with Gasteiger partial charge in [-0.15, -0.1) is 0 Å². The number of carbonyl (C=O) groups excluding carboxylic acids is 1. The van der Waals surface area contributed by atoms with Gasteiger partial charge >= 0.3 is 0 Å². The summed E-state index contributed by atoms with van der Waals surface area (Å²) in [6.45, 7) is 0.709. The van der Waals surface area contributed by atoms with Crippen LogP contribution in [0.5, 0.6) is 0 Å². The first-order chi connectivity index (χ1) is 9.72. The minimum atomic E-state index is -0.0415. The van der Waals surface area contributed by atoms with Gasteiger partial charge in [0.1, 0.15) is 11.0 Å². The van der Waals surface area contributed by atoms with Gasteiger partial charge in [0.2, 0.25) is 5.91 Å². The van der Waals surface area contributed by atoms with Crippen LogP contribution in [0.25, 0.3) is 11.0 Å². The summed E-state index contributed by atoms with van der Waals surface area (Å²) in [5.41, 5.74) is 7.39. The SMILES string of the molecule is NCCCCCCC(=O)Nc1c(Cl)ccc2nsnc12. The van der Waals surface area contributed by atoms with Gasteiger partial charge in [0.25, 0.3) is 0 Å². The minimum absolute atomic E-state index is 0.0415. The highest BCUT2D eigenvalue weighted by molar-refractivity contribution is 7.00. The zero-order valence-electron chi connectivity index (χ0n) is 11.1. The molecule has 0 spiro atoms. The Hall–Kier alpha value is -1.24. The van der Waals surface area contributed by atoms with Crippen molar-refractivity contribution < 1.29 is 4.79 Å². The molecule has 0 saturated carbocycles. The number of nitrogens with two attached hydrogens (primary N) is 1. The number of nitrogens with zero attached hydrogens (tertiary/aromatic N) is 2. The lowest BCUT2D eigenvalue weighted by atomic mass is 10.1. The largest absolute Gasteiger partial charge is 0.330 e. The quantitative estimate of drug-likeness (QED) is 0.769. The van der Waals surface area contributed by atoms with Gasteiger partial charge in [0, 0.05) is 6.42 Å². The second kappa shape index (κ2) is 7.52. The maximum Gasteiger partial charge on any atom is 0.224 e. The molecule has 1 amide bonds. The predicted octanol–water partition coefficient (Wildman–Crippen LogP) is 3.19. The van der Waals surface area contributed by atoms with Gasteiger partial charge in [0.15, 0.2) is 0 Å². The number of hydrogen-bond acceptors (Lipinski definition) is 5. The highest BCUT2D eigenvalue weighted by atomic mass is 35.5. The Morgan fingerprint density at radius 2 is 2.05 bits per heavy atom. The minimum Gasteiger partial charge on any atom is -0.330 e. The number of nitrogens with one attached hydrogen (secondary N) is 1. The van der Waals surface area contributed by atoms with Gasteiger partial charge in [0.05, 0.1) is 22.4 Å². The maximum absolute atomic E-state index is 11.9. The lowest BCUT2D eigenvalue weighted by Crippen LogP contribution is -2.12. The van der Waals surface area contributed by atoms with Crippen molar-refractivity contribution in [1.82, 2.24) is 8.75 Å². The predicted molar refractivity (Wildman–Crippen MR) is 83.2 cm³/mol. The number of anilines is 1. The van der Waals surface area contributed by atoms with E-state index < -0.39 is 0 Å². The molecule has 7 heteroatoms. The summed E-state index contributed by atoms with van der Waals surface area (Å²) in [6, 6.07) is 3.52. The van der Waals surface area contributed by atoms with Crippen molar-refractivity contribution in [2.75, 3.05) is 11.9 Å². The average molecular weight is 313 g/mol. The molecule has 0 aliphatic heterocycles. The smallest absolute Gasteiger partial charge is 0.224 e. The van der Waals surface area contributed by atoms with Crippen LogP contribution in [0.3, 0.4) is 0 Å². The fourth-order valence-corrected chi connectivity index (χ4v) is 2.67. The topological polar surface area (TPSA) is 80.9 Å². The molecule has 0 bridgehead atoms. The van der Waals surface area contributed by atoms with E-state index in [1.165, 1.54) is 0 Å². The molecule has 2 rings (SSSR count). The maximum atomic E-state index is 11.9. The molecule has 0 aliphatic carbocycles. The third kappa shape index (κ3) is 3.88. The zero-order chi connectivity index (χ0) is 14.4. The number of unbranched alkanes of at least 4 members (excludes halogenated alkanes) is 3. The Bertz CT molecular complexity index is 587. The van der Waals surface area contributed by atoms with E-state index in [0.29, 0.717) is 29.2 Å². The lowest BCUT2D eigenvalue weighted by Gasteiger charge is -2.07. The summed E-state index contributed by atoms with van der Waals surface area (Å²) in [6.07, 6.45) is 4.43. The molecule has 2 aromatic rings. The molecular formula is C13H17ClN4OS. The summed E-state index contributed by atoms with van der Waals surface area (Å²) in [7, 11) is 0. The van der Waals surface area contributed by atoms with Crippen LogP contribution in [0.2, 0.25) is 5.02 Å². The summed E-state index contributed by atoms with van der Waals surface area (Å²) in [4.78, 5) is 11.9. The number of aromatic nitrogens is 2. The molecule has 1 aromatic heterocycles. The number of carbonyl (C=O) groups is 1. The standard InChI is InChI=1S/C13H17ClN4OS/c14-9-6-7-10-13(18-20-17-10)12(9)16-11(19)5-3-1-2-4-8-15/h6-7H,1-5,8,15H2,(H,16,19). The number of fused-ring (bicyclic) bond motifs is 1. The number of hydrogen-bond donors (Lipinski definition) is 2. The number of amides is 1. The molecule has 0 fully saturated rings. The molecule has 5 nitrogen and oxygen atoms in total. The van der Waals surface area contributed by atoms with Crippen molar-refractivity contribution in [1.29, 1.82) is 0 Å². The molecular weight excluding hydrogens is 296 g/mol. The fraction of sp³-hybridized carbons (Fsp3) is 0.462. The van der Waals surface area contributed by atoms with Crippen LogP contribution in [-0.2, 0) is 4.79 Å². The van der Waals surface area contributed by atoms with E-state index in [2.05, 4.69) is 14.1 Å². The van der Waals surface area contributed by atoms with Crippen molar-refractivity contribution in [2.45, 2.75) is 32.1 Å². The van der Waals surface area contributed by atoms with Crippen molar-refractivity contribution in [3.05, 3.63) is 17.2 Å². The second-order valence-electron chi connectivity index (χ2n) is 4.56. The number of halogens is 1. The molecule has 0 radical (unpaired) electrons. The molecule has 108 valence electrons. The molecule has 3 N–H and O–H groups in total. The van der Waals surface area contributed by atoms with E-state index in [9.17, 15) is 4.79 Å². The third-order valence-corrected chi connectivity index (χ3v) is 3.86. The molecule has 0 atom stereocenters. The molecule has 1 aromatic carbocycles. The van der Waals surface area contributed by atoms with Gasteiger partial charge in [-0.1, -0.05) is 24.4 Å². The van der Waals surface area contributed by atoms with Gasteiger partial charge in [-0.05, 0) is 31.5 Å². The van der Waals surface area contributed by atoms with Crippen LogP contribution < -0.4 is 11.1 Å². The Morgan fingerprint density at radius 3 is 2.85 bits per heavy atom. The second-order valence-corrected chi connectivity index (χ2v) is 5.49. The van der Waals surface area contributed by atoms with Gasteiger partial charge in [-0.2, -0.15) is 8.75 Å². The first kappa shape index (κ1) is 15.2. The van der Waals surface area contributed by atoms with Gasteiger partial charge < -0.3 is 11.1 Å². The van der Waals surface area contributed by atoms with Crippen molar-refractivity contribution >= 4 is 46.0 Å². The Morgan fingerprint density at radius 1 is 1.25 bits per heavy atom. The van der Waals surface area contributed by atoms with E-state index in [1.807, 2.05) is 0 Å². The van der Waals surface area contributed by atoms with E-state index in [4.69, 9.17) is 17.3 Å². The average Bonchev–Trinajstić information content (AvgIpc) is 2.90. The van der Waals surface area contributed by atoms with Gasteiger partial charge in [-0.25, -0.2) is 0 Å². The molecule has 0 unspecified atom stereocenters. The van der Waals surface area contributed by atoms with E-state index in [0.717, 1.165) is 42.9 Å². The highest BCUT2D eigenvalue weighted by Crippen LogP contribution is 2.30. The first-order valence-corrected chi connectivity index (χ1v) is 7.74. The van der Waals surface area contributed by atoms with Crippen LogP contribution in [0, 0.1) is 0 Å². The lowest BCUT2D eigenvalue weighted by molar-refractivity contribution is -0.116. The van der Waals surface area contributed by atoms with Crippen LogP contribution in [-0.4, -0.2) is 21.2 Å². The molecule has 20 heavy (non-hydrogen) atoms. The summed E-state index contributed by atoms with van der Waals surface area (Å²) in [5, 5.41) is 3.33. The van der Waals surface area contributed by atoms with Crippen LogP contribution in [0.4, 0.5) is 5.69 Å². The first-order valence-electron chi connectivity index (χ1n) is 6.63. The van der Waals surface area contributed by atoms with Crippen LogP contribution >= 0.6 is 23.3 Å². The van der Waals surface area contributed by atoms with Crippen molar-refractivity contribution in [3.8, 4) is 0 Å². The number of benzene rings is 1. The van der Waals surface area contributed by atoms with E-state index in [-0.39, 0.29) is 5.91 Å². The van der Waals surface area contributed by atoms with Crippen molar-refractivity contribution in [2.24, 2.45) is 5.73 Å². The Kier molecular flexibility index (Phi) is 5.70. The summed E-state index contributed by atoms with van der Waals surface area (Å²) < 4.78 is 8.30. The fourth-order valence-electron chi connectivity index (χ4n) is 1.93. The third-order valence-electron chi connectivity index (χ3n) is 3.00. The normalized spacial score (nSPS) is 10.9. The summed E-state index contributed by atoms with van der Waals surface area (Å²) in [5.74, 6) is -0.0415. The zero-order valence-corrected chi connectivity index (χ0v) is 12.6. The van der Waals surface area contributed by atoms with Gasteiger partial charge in [-0.3, -0.25) is 4.79 Å². The molecule has 0 aliphatic rings.